The van der Waals surface area contributed by atoms with E-state index in [1.54, 1.807) is 6.07 Å². The lowest BCUT2D eigenvalue weighted by Crippen LogP contribution is -2.60. The van der Waals surface area contributed by atoms with Crippen LogP contribution in [0.15, 0.2) is 18.2 Å². The van der Waals surface area contributed by atoms with E-state index < -0.39 is 34.9 Å². The number of amides is 1. The quantitative estimate of drug-likeness (QED) is 0.535. The number of carbonyl (C=O) groups is 1. The molecule has 0 fully saturated rings. The van der Waals surface area contributed by atoms with Gasteiger partial charge >= 0.3 is 11.7 Å². The molecule has 0 saturated carbocycles. The van der Waals surface area contributed by atoms with Crippen molar-refractivity contribution in [3.63, 3.8) is 0 Å². The van der Waals surface area contributed by atoms with Gasteiger partial charge in [-0.25, -0.2) is 0 Å². The molecule has 140 valence electrons. The van der Waals surface area contributed by atoms with Crippen molar-refractivity contribution in [3.05, 3.63) is 43.9 Å². The molecule has 0 saturated heterocycles. The smallest absolute Gasteiger partial charge is 0.352 e. The highest BCUT2D eigenvalue weighted by atomic mass is 35.5. The molecule has 1 amide bonds. The lowest BCUT2D eigenvalue weighted by atomic mass is 9.79. The lowest BCUT2D eigenvalue weighted by molar-refractivity contribution is -0.621. The molecule has 0 radical (unpaired) electrons. The van der Waals surface area contributed by atoms with Gasteiger partial charge in [0.2, 0.25) is 5.91 Å². The minimum atomic E-state index is -5.16. The molecule has 0 aliphatic rings. The number of nitrogens with zero attached hydrogens (tertiary/aromatic N) is 1. The zero-order chi connectivity index (χ0) is 19.4. The fraction of sp³-hybridized carbons (Fsp3) is 0.533. The van der Waals surface area contributed by atoms with Crippen LogP contribution in [-0.2, 0) is 11.3 Å². The van der Waals surface area contributed by atoms with Gasteiger partial charge in [-0.05, 0) is 24.1 Å². The van der Waals surface area contributed by atoms with Crippen molar-refractivity contribution in [2.75, 3.05) is 0 Å². The van der Waals surface area contributed by atoms with E-state index in [1.165, 1.54) is 19.1 Å². The normalized spacial score (nSPS) is 15.3. The van der Waals surface area contributed by atoms with Crippen LogP contribution in [0.3, 0.4) is 0 Å². The van der Waals surface area contributed by atoms with Crippen LogP contribution in [0, 0.1) is 16.0 Å². The van der Waals surface area contributed by atoms with E-state index in [2.05, 4.69) is 5.32 Å². The third-order valence-electron chi connectivity index (χ3n) is 4.11. The molecule has 1 aromatic carbocycles. The summed E-state index contributed by atoms with van der Waals surface area (Å²) >= 11 is 11.6. The Bertz CT molecular complexity index is 655. The zero-order valence-corrected chi connectivity index (χ0v) is 15.0. The minimum Gasteiger partial charge on any atom is -0.352 e. The molecule has 1 aromatic rings. The zero-order valence-electron chi connectivity index (χ0n) is 13.5. The first kappa shape index (κ1) is 21.5. The Kier molecular flexibility index (Phi) is 7.08. The van der Waals surface area contributed by atoms with Crippen LogP contribution in [0.2, 0.25) is 10.0 Å². The number of benzene rings is 1. The van der Waals surface area contributed by atoms with Gasteiger partial charge in [0.15, 0.2) is 0 Å². The van der Waals surface area contributed by atoms with Gasteiger partial charge in [0.1, 0.15) is 5.92 Å². The molecule has 0 aromatic heterocycles. The van der Waals surface area contributed by atoms with Crippen LogP contribution in [0.5, 0.6) is 0 Å². The first-order valence-electron chi connectivity index (χ1n) is 7.44. The number of carbonyl (C=O) groups excluding carboxylic acids is 1. The van der Waals surface area contributed by atoms with Crippen molar-refractivity contribution < 1.29 is 22.9 Å². The summed E-state index contributed by atoms with van der Waals surface area (Å²) in [5.41, 5.74) is -2.82. The van der Waals surface area contributed by atoms with E-state index in [0.29, 0.717) is 10.6 Å². The van der Waals surface area contributed by atoms with E-state index in [-0.39, 0.29) is 18.0 Å². The number of hydrogen-bond donors (Lipinski definition) is 1. The second-order valence-corrected chi connectivity index (χ2v) is 6.27. The first-order valence-corrected chi connectivity index (χ1v) is 8.19. The van der Waals surface area contributed by atoms with Gasteiger partial charge in [-0.1, -0.05) is 43.1 Å². The maximum absolute atomic E-state index is 13.4. The lowest BCUT2D eigenvalue weighted by Gasteiger charge is -2.32. The van der Waals surface area contributed by atoms with Gasteiger partial charge in [0.05, 0.1) is 10.0 Å². The number of alkyl halides is 3. The number of nitrogens with one attached hydrogen (secondary N) is 1. The summed E-state index contributed by atoms with van der Waals surface area (Å²) in [4.78, 5) is 22.1. The van der Waals surface area contributed by atoms with E-state index in [1.807, 2.05) is 0 Å². The molecule has 1 rings (SSSR count). The molecule has 5 nitrogen and oxygen atoms in total. The predicted molar refractivity (Wildman–Crippen MR) is 88.2 cm³/mol. The SMILES string of the molecule is CC[C@@H](C(=O)NCc1ccc(Cl)c(Cl)c1)[C@](CC)([N+](=O)[O-])C(F)(F)F. The summed E-state index contributed by atoms with van der Waals surface area (Å²) < 4.78 is 40.3. The summed E-state index contributed by atoms with van der Waals surface area (Å²) in [6, 6.07) is 4.47. The number of hydrogen-bond acceptors (Lipinski definition) is 3. The monoisotopic (exact) mass is 400 g/mol. The van der Waals surface area contributed by atoms with E-state index in [9.17, 15) is 28.1 Å². The maximum atomic E-state index is 13.4. The minimum absolute atomic E-state index is 0.123. The van der Waals surface area contributed by atoms with E-state index >= 15 is 0 Å². The molecule has 0 spiro atoms. The summed E-state index contributed by atoms with van der Waals surface area (Å²) in [5, 5.41) is 14.1. The summed E-state index contributed by atoms with van der Waals surface area (Å²) in [5.74, 6) is -2.89. The van der Waals surface area contributed by atoms with Gasteiger partial charge < -0.3 is 5.32 Å². The van der Waals surface area contributed by atoms with Crippen LogP contribution >= 0.6 is 23.2 Å². The van der Waals surface area contributed by atoms with Gasteiger partial charge in [-0.2, -0.15) is 13.2 Å². The number of halogens is 5. The Balaban J connectivity index is 3.05. The third kappa shape index (κ3) is 4.36. The Hall–Kier alpha value is -1.54. The summed E-state index contributed by atoms with van der Waals surface area (Å²) in [7, 11) is 0. The highest BCUT2D eigenvalue weighted by Crippen LogP contribution is 2.43. The van der Waals surface area contributed by atoms with Crippen molar-refractivity contribution in [2.45, 2.75) is 44.9 Å². The summed E-state index contributed by atoms with van der Waals surface area (Å²) in [6.07, 6.45) is -6.34. The third-order valence-corrected chi connectivity index (χ3v) is 4.85. The van der Waals surface area contributed by atoms with Crippen LogP contribution < -0.4 is 5.32 Å². The van der Waals surface area contributed by atoms with Crippen molar-refractivity contribution in [2.24, 2.45) is 5.92 Å². The van der Waals surface area contributed by atoms with Gasteiger partial charge in [0, 0.05) is 17.9 Å². The Morgan fingerprint density at radius 3 is 2.28 bits per heavy atom. The van der Waals surface area contributed by atoms with Crippen LogP contribution in [0.4, 0.5) is 13.2 Å². The fourth-order valence-electron chi connectivity index (χ4n) is 2.71. The van der Waals surface area contributed by atoms with Gasteiger partial charge in [0.25, 0.3) is 0 Å². The van der Waals surface area contributed by atoms with E-state index in [4.69, 9.17) is 23.2 Å². The molecule has 0 heterocycles. The predicted octanol–water partition coefficient (Wildman–Crippen LogP) is 4.62. The Morgan fingerprint density at radius 2 is 1.88 bits per heavy atom. The van der Waals surface area contributed by atoms with Crippen molar-refractivity contribution in [3.8, 4) is 0 Å². The van der Waals surface area contributed by atoms with Crippen LogP contribution in [0.25, 0.3) is 0 Å². The van der Waals surface area contributed by atoms with Gasteiger partial charge in [-0.3, -0.25) is 14.9 Å². The molecular weight excluding hydrogens is 384 g/mol. The van der Waals surface area contributed by atoms with Crippen molar-refractivity contribution >= 4 is 29.1 Å². The number of nitro groups is 1. The standard InChI is InChI=1S/C15H17Cl2F3N2O3/c1-3-10(14(4-2,22(24)25)15(18,19)20)13(23)21-8-9-5-6-11(16)12(17)7-9/h5-7,10H,3-4,8H2,1-2H3,(H,21,23)/t10-,14-/m0/s1. The van der Waals surface area contributed by atoms with E-state index in [0.717, 1.165) is 6.92 Å². The molecular formula is C15H17Cl2F3N2O3. The van der Waals surface area contributed by atoms with Crippen molar-refractivity contribution in [1.29, 1.82) is 0 Å². The fourth-order valence-corrected chi connectivity index (χ4v) is 3.03. The Labute approximate surface area is 152 Å². The largest absolute Gasteiger partial charge is 0.461 e. The molecule has 25 heavy (non-hydrogen) atoms. The maximum Gasteiger partial charge on any atom is 0.461 e. The molecule has 0 bridgehead atoms. The molecule has 0 aliphatic carbocycles. The van der Waals surface area contributed by atoms with Crippen LogP contribution in [0.1, 0.15) is 32.3 Å². The molecule has 0 aliphatic heterocycles. The highest BCUT2D eigenvalue weighted by molar-refractivity contribution is 6.42. The highest BCUT2D eigenvalue weighted by Gasteiger charge is 2.70. The Morgan fingerprint density at radius 1 is 1.28 bits per heavy atom. The molecule has 1 N–H and O–H groups in total. The molecule has 0 unspecified atom stereocenters. The van der Waals surface area contributed by atoms with Crippen molar-refractivity contribution in [1.82, 2.24) is 5.32 Å². The molecule has 2 atom stereocenters. The van der Waals surface area contributed by atoms with Gasteiger partial charge in [-0.15, -0.1) is 0 Å². The van der Waals surface area contributed by atoms with Crippen LogP contribution in [-0.4, -0.2) is 22.5 Å². The first-order chi connectivity index (χ1) is 11.5. The summed E-state index contributed by atoms with van der Waals surface area (Å²) in [6.45, 7) is 2.23. The average molecular weight is 401 g/mol. The second-order valence-electron chi connectivity index (χ2n) is 5.46. The number of rotatable bonds is 7. The average Bonchev–Trinajstić information content (AvgIpc) is 2.51. The topological polar surface area (TPSA) is 72.2 Å². The molecule has 10 heteroatoms. The second kappa shape index (κ2) is 8.23.